The topological polar surface area (TPSA) is 175 Å². The molecule has 12 nitrogen and oxygen atoms in total. The molecule has 4 N–H and O–H groups in total. The first-order valence-electron chi connectivity index (χ1n) is 9.82. The Morgan fingerprint density at radius 1 is 1.40 bits per heavy atom. The van der Waals surface area contributed by atoms with Gasteiger partial charge >= 0.3 is 5.82 Å². The van der Waals surface area contributed by atoms with Gasteiger partial charge in [-0.3, -0.25) is 14.3 Å². The number of nitro groups is 1. The lowest BCUT2D eigenvalue weighted by Crippen LogP contribution is -2.17. The Labute approximate surface area is 206 Å². The maximum absolute atomic E-state index is 13.7. The number of alkyl halides is 2. The molecule has 0 aromatic carbocycles. The average molecular weight is 569 g/mol. The van der Waals surface area contributed by atoms with Crippen LogP contribution in [0.25, 0.3) is 21.3 Å². The zero-order chi connectivity index (χ0) is 25.6. The molecule has 0 aliphatic carbocycles. The number of hydrogen-bond donors (Lipinski definition) is 3. The first-order chi connectivity index (χ1) is 16.5. The number of amides is 2. The summed E-state index contributed by atoms with van der Waals surface area (Å²) in [6.45, 7) is 4.13. The van der Waals surface area contributed by atoms with Crippen molar-refractivity contribution in [3.63, 3.8) is 0 Å². The predicted octanol–water partition coefficient (Wildman–Crippen LogP) is 4.17. The molecule has 4 heterocycles. The van der Waals surface area contributed by atoms with Crippen molar-refractivity contribution in [2.24, 2.45) is 5.73 Å². The minimum absolute atomic E-state index is 0.0395. The van der Waals surface area contributed by atoms with Gasteiger partial charge in [0.15, 0.2) is 5.69 Å². The number of pyridine rings is 1. The predicted molar refractivity (Wildman–Crippen MR) is 126 cm³/mol. The van der Waals surface area contributed by atoms with E-state index in [4.69, 9.17) is 5.73 Å². The van der Waals surface area contributed by atoms with Gasteiger partial charge in [0.25, 0.3) is 18.2 Å². The van der Waals surface area contributed by atoms with Crippen molar-refractivity contribution in [3.05, 3.63) is 48.8 Å². The Kier molecular flexibility index (Phi) is 6.33. The Bertz CT molecular complexity index is 1510. The Hall–Kier alpha value is -3.79. The summed E-state index contributed by atoms with van der Waals surface area (Å²) >= 11 is 3.69. The van der Waals surface area contributed by atoms with Crippen LogP contribution in [-0.2, 0) is 6.54 Å². The summed E-state index contributed by atoms with van der Waals surface area (Å²) in [4.78, 5) is 39.4. The molecule has 0 fully saturated rings. The van der Waals surface area contributed by atoms with Crippen LogP contribution in [0.15, 0.2) is 16.7 Å². The van der Waals surface area contributed by atoms with E-state index in [9.17, 15) is 28.5 Å². The summed E-state index contributed by atoms with van der Waals surface area (Å²) in [7, 11) is 0. The second kappa shape index (κ2) is 9.10. The number of anilines is 1. The van der Waals surface area contributed by atoms with Crippen molar-refractivity contribution >= 4 is 60.8 Å². The van der Waals surface area contributed by atoms with E-state index in [0.717, 1.165) is 11.3 Å². The largest absolute Gasteiger partial charge is 0.365 e. The number of H-pyrrole nitrogens is 1. The molecule has 182 valence electrons. The number of carbonyl (C=O) groups is 2. The summed E-state index contributed by atoms with van der Waals surface area (Å²) in [6, 6.07) is 1.17. The first kappa shape index (κ1) is 24.3. The lowest BCUT2D eigenvalue weighted by Gasteiger charge is -2.10. The summed E-state index contributed by atoms with van der Waals surface area (Å²) in [6.07, 6.45) is -1.42. The van der Waals surface area contributed by atoms with Crippen molar-refractivity contribution in [2.45, 2.75) is 26.8 Å². The number of aryl methyl sites for hydroxylation is 1. The maximum atomic E-state index is 13.7. The number of carbonyl (C=O) groups excluding carboxylic acids is 2. The number of halogens is 3. The third-order valence-electron chi connectivity index (χ3n) is 5.15. The van der Waals surface area contributed by atoms with Crippen LogP contribution < -0.4 is 11.1 Å². The molecule has 0 spiro atoms. The van der Waals surface area contributed by atoms with Crippen LogP contribution in [0.3, 0.4) is 0 Å². The number of aromatic amines is 1. The fourth-order valence-corrected chi connectivity index (χ4v) is 5.04. The van der Waals surface area contributed by atoms with Gasteiger partial charge in [-0.1, -0.05) is 5.10 Å². The van der Waals surface area contributed by atoms with Crippen molar-refractivity contribution in [1.82, 2.24) is 25.0 Å². The maximum Gasteiger partial charge on any atom is 0.357 e. The highest BCUT2D eigenvalue weighted by Gasteiger charge is 2.29. The van der Waals surface area contributed by atoms with Crippen LogP contribution in [0, 0.1) is 17.0 Å². The van der Waals surface area contributed by atoms with Crippen molar-refractivity contribution in [3.8, 4) is 11.1 Å². The number of rotatable bonds is 7. The Morgan fingerprint density at radius 2 is 2.11 bits per heavy atom. The van der Waals surface area contributed by atoms with Crippen LogP contribution in [0.5, 0.6) is 0 Å². The lowest BCUT2D eigenvalue weighted by molar-refractivity contribution is -0.390. The first-order valence-corrected chi connectivity index (χ1v) is 11.4. The van der Waals surface area contributed by atoms with Gasteiger partial charge in [-0.15, -0.1) is 16.4 Å². The van der Waals surface area contributed by atoms with E-state index in [-0.39, 0.29) is 36.5 Å². The summed E-state index contributed by atoms with van der Waals surface area (Å²) in [5, 5.41) is 23.8. The molecule has 16 heteroatoms. The zero-order valence-electron chi connectivity index (χ0n) is 17.9. The number of aromatic nitrogens is 5. The van der Waals surface area contributed by atoms with Gasteiger partial charge in [0, 0.05) is 23.2 Å². The summed E-state index contributed by atoms with van der Waals surface area (Å²) < 4.78 is 28.8. The molecule has 0 atom stereocenters. The molecule has 0 saturated heterocycles. The monoisotopic (exact) mass is 568 g/mol. The zero-order valence-corrected chi connectivity index (χ0v) is 20.3. The molecular weight excluding hydrogens is 554 g/mol. The van der Waals surface area contributed by atoms with Crippen LogP contribution in [0.2, 0.25) is 0 Å². The SMILES string of the molecule is CCn1ncc(-c2cc(C(F)F)nc3sc(C(N)=O)c(NC(=O)c4n[nH]c([N+](=O)[O-])c4Br)c23)c1C. The van der Waals surface area contributed by atoms with Crippen molar-refractivity contribution < 1.29 is 23.3 Å². The van der Waals surface area contributed by atoms with E-state index in [1.54, 1.807) is 11.6 Å². The van der Waals surface area contributed by atoms with Gasteiger partial charge in [0.1, 0.15) is 19.9 Å². The smallest absolute Gasteiger partial charge is 0.357 e. The highest BCUT2D eigenvalue weighted by Crippen LogP contribution is 2.43. The van der Waals surface area contributed by atoms with Crippen LogP contribution >= 0.6 is 27.3 Å². The molecule has 0 unspecified atom stereocenters. The van der Waals surface area contributed by atoms with Gasteiger partial charge in [-0.2, -0.15) is 5.10 Å². The third-order valence-corrected chi connectivity index (χ3v) is 7.00. The number of thiophene rings is 1. The van der Waals surface area contributed by atoms with Gasteiger partial charge in [0.05, 0.1) is 11.9 Å². The van der Waals surface area contributed by atoms with Crippen LogP contribution in [0.1, 0.15) is 44.9 Å². The average Bonchev–Trinajstić information content (AvgIpc) is 3.47. The second-order valence-electron chi connectivity index (χ2n) is 7.15. The molecule has 4 aromatic rings. The van der Waals surface area contributed by atoms with Crippen molar-refractivity contribution in [1.29, 1.82) is 0 Å². The number of nitrogens with two attached hydrogens (primary N) is 1. The van der Waals surface area contributed by atoms with Gasteiger partial charge < -0.3 is 21.2 Å². The van der Waals surface area contributed by atoms with Crippen LogP contribution in [-0.4, -0.2) is 41.7 Å². The quantitative estimate of drug-likeness (QED) is 0.221. The van der Waals surface area contributed by atoms with E-state index in [1.807, 2.05) is 6.92 Å². The molecular formula is C19H15BrF2N8O4S. The van der Waals surface area contributed by atoms with E-state index in [2.05, 4.69) is 41.5 Å². The number of primary amides is 1. The third kappa shape index (κ3) is 4.14. The minimum atomic E-state index is -2.91. The molecule has 0 aliphatic heterocycles. The fourth-order valence-electron chi connectivity index (χ4n) is 3.53. The van der Waals surface area contributed by atoms with Gasteiger partial charge in [0.2, 0.25) is 0 Å². The van der Waals surface area contributed by atoms with Crippen LogP contribution in [0.4, 0.5) is 20.3 Å². The minimum Gasteiger partial charge on any atom is -0.365 e. The van der Waals surface area contributed by atoms with E-state index < -0.39 is 34.7 Å². The summed E-state index contributed by atoms with van der Waals surface area (Å²) in [5.41, 5.74) is 5.96. The van der Waals surface area contributed by atoms with Gasteiger partial charge in [-0.25, -0.2) is 13.8 Å². The Balaban J connectivity index is 1.96. The molecule has 0 radical (unpaired) electrons. The molecule has 0 aliphatic rings. The van der Waals surface area contributed by atoms with E-state index in [1.165, 1.54) is 12.3 Å². The highest BCUT2D eigenvalue weighted by molar-refractivity contribution is 9.10. The standard InChI is InChI=1S/C19H15BrF2N8O4S/c1-3-29-6(2)8(5-24-29)7-4-9(15(21)22)25-19-10(7)12(14(35-19)16(23)31)26-18(32)13-11(20)17(28-27-13)30(33)34/h4-5,15H,3H2,1-2H3,(H2,23,31)(H,26,32)(H,27,28). The molecule has 35 heavy (non-hydrogen) atoms. The fraction of sp³-hybridized carbons (Fsp3) is 0.211. The van der Waals surface area contributed by atoms with Crippen molar-refractivity contribution in [2.75, 3.05) is 5.32 Å². The number of hydrogen-bond acceptors (Lipinski definition) is 8. The van der Waals surface area contributed by atoms with Gasteiger partial charge in [-0.05, 0) is 46.3 Å². The second-order valence-corrected chi connectivity index (χ2v) is 8.94. The van der Waals surface area contributed by atoms with E-state index >= 15 is 0 Å². The molecule has 4 rings (SSSR count). The highest BCUT2D eigenvalue weighted by atomic mass is 79.9. The lowest BCUT2D eigenvalue weighted by atomic mass is 10.0. The number of fused-ring (bicyclic) bond motifs is 1. The summed E-state index contributed by atoms with van der Waals surface area (Å²) in [5.74, 6) is -2.39. The number of nitrogens with zero attached hydrogens (tertiary/aromatic N) is 5. The molecule has 0 saturated carbocycles. The van der Waals surface area contributed by atoms with E-state index in [0.29, 0.717) is 17.8 Å². The Morgan fingerprint density at radius 3 is 2.66 bits per heavy atom. The molecule has 2 amide bonds. The normalized spacial score (nSPS) is 11.4. The molecule has 0 bridgehead atoms. The number of nitrogens with one attached hydrogen (secondary N) is 2. The molecule has 4 aromatic heterocycles.